The highest BCUT2D eigenvalue weighted by atomic mass is 16.4. The standard InChI is InChI=1S/C10H14N4O/c1-7(10-13-12-9(3)15-10)6-14-5-4-11-8(14)2/h4-5,7H,6H2,1-3H3. The molecule has 5 nitrogen and oxygen atoms in total. The van der Waals surface area contributed by atoms with Crippen LogP contribution in [0.5, 0.6) is 0 Å². The molecule has 2 heterocycles. The van der Waals surface area contributed by atoms with Crippen molar-refractivity contribution in [3.63, 3.8) is 0 Å². The second-order valence-corrected chi connectivity index (χ2v) is 3.69. The zero-order chi connectivity index (χ0) is 10.8. The van der Waals surface area contributed by atoms with Crippen molar-refractivity contribution in [3.05, 3.63) is 30.0 Å². The summed E-state index contributed by atoms with van der Waals surface area (Å²) in [7, 11) is 0. The van der Waals surface area contributed by atoms with E-state index in [1.54, 1.807) is 13.1 Å². The third-order valence-electron chi connectivity index (χ3n) is 2.36. The van der Waals surface area contributed by atoms with E-state index in [0.717, 1.165) is 12.4 Å². The van der Waals surface area contributed by atoms with Gasteiger partial charge in [0.05, 0.1) is 5.92 Å². The quantitative estimate of drug-likeness (QED) is 0.766. The van der Waals surface area contributed by atoms with Crippen LogP contribution in [0.4, 0.5) is 0 Å². The Kier molecular flexibility index (Phi) is 2.53. The van der Waals surface area contributed by atoms with Crippen LogP contribution in [0.15, 0.2) is 16.8 Å². The van der Waals surface area contributed by atoms with E-state index in [1.165, 1.54) is 0 Å². The summed E-state index contributed by atoms with van der Waals surface area (Å²) in [6.45, 7) is 6.65. The van der Waals surface area contributed by atoms with Crippen molar-refractivity contribution in [2.75, 3.05) is 0 Å². The molecule has 0 aliphatic heterocycles. The second-order valence-electron chi connectivity index (χ2n) is 3.69. The first-order chi connectivity index (χ1) is 7.16. The monoisotopic (exact) mass is 206 g/mol. The maximum absolute atomic E-state index is 5.38. The molecule has 0 N–H and O–H groups in total. The third-order valence-corrected chi connectivity index (χ3v) is 2.36. The first-order valence-corrected chi connectivity index (χ1v) is 4.94. The van der Waals surface area contributed by atoms with Gasteiger partial charge in [-0.05, 0) is 6.92 Å². The van der Waals surface area contributed by atoms with Gasteiger partial charge in [-0.15, -0.1) is 10.2 Å². The van der Waals surface area contributed by atoms with Gasteiger partial charge in [0.2, 0.25) is 11.8 Å². The lowest BCUT2D eigenvalue weighted by Gasteiger charge is -2.08. The molecule has 2 rings (SSSR count). The van der Waals surface area contributed by atoms with Gasteiger partial charge < -0.3 is 8.98 Å². The maximum atomic E-state index is 5.38. The summed E-state index contributed by atoms with van der Waals surface area (Å²) < 4.78 is 7.45. The molecule has 2 aromatic heterocycles. The summed E-state index contributed by atoms with van der Waals surface area (Å²) in [5.74, 6) is 2.50. The number of aromatic nitrogens is 4. The van der Waals surface area contributed by atoms with Crippen LogP contribution in [0.25, 0.3) is 0 Å². The Morgan fingerprint density at radius 2 is 2.20 bits per heavy atom. The molecule has 0 spiro atoms. The molecular formula is C10H14N4O. The molecule has 2 aromatic rings. The summed E-state index contributed by atoms with van der Waals surface area (Å²) in [5, 5.41) is 7.82. The Hall–Kier alpha value is -1.65. The molecule has 0 aromatic carbocycles. The van der Waals surface area contributed by atoms with Crippen molar-refractivity contribution in [1.29, 1.82) is 0 Å². The normalized spacial score (nSPS) is 13.0. The van der Waals surface area contributed by atoms with Crippen LogP contribution in [0.3, 0.4) is 0 Å². The van der Waals surface area contributed by atoms with E-state index >= 15 is 0 Å². The summed E-state index contributed by atoms with van der Waals surface area (Å²) in [4.78, 5) is 4.16. The highest BCUT2D eigenvalue weighted by Gasteiger charge is 2.13. The van der Waals surface area contributed by atoms with Crippen molar-refractivity contribution in [2.45, 2.75) is 33.2 Å². The van der Waals surface area contributed by atoms with Gasteiger partial charge in [-0.2, -0.15) is 0 Å². The lowest BCUT2D eigenvalue weighted by molar-refractivity contribution is 0.412. The SMILES string of the molecule is Cc1nnc(C(C)Cn2ccnc2C)o1. The number of aryl methyl sites for hydroxylation is 2. The molecule has 0 saturated carbocycles. The van der Waals surface area contributed by atoms with E-state index in [-0.39, 0.29) is 5.92 Å². The molecule has 0 bridgehead atoms. The van der Waals surface area contributed by atoms with E-state index < -0.39 is 0 Å². The average Bonchev–Trinajstić information content (AvgIpc) is 2.77. The van der Waals surface area contributed by atoms with E-state index in [2.05, 4.69) is 26.7 Å². The lowest BCUT2D eigenvalue weighted by Crippen LogP contribution is -2.07. The van der Waals surface area contributed by atoms with Crippen LogP contribution >= 0.6 is 0 Å². The Labute approximate surface area is 88.2 Å². The highest BCUT2D eigenvalue weighted by Crippen LogP contribution is 2.16. The van der Waals surface area contributed by atoms with E-state index in [9.17, 15) is 0 Å². The fourth-order valence-electron chi connectivity index (χ4n) is 1.48. The highest BCUT2D eigenvalue weighted by molar-refractivity contribution is 4.94. The number of imidazole rings is 1. The average molecular weight is 206 g/mol. The van der Waals surface area contributed by atoms with Crippen molar-refractivity contribution in [3.8, 4) is 0 Å². The fourth-order valence-corrected chi connectivity index (χ4v) is 1.48. The predicted molar refractivity (Wildman–Crippen MR) is 54.4 cm³/mol. The Bertz CT molecular complexity index is 446. The summed E-state index contributed by atoms with van der Waals surface area (Å²) in [5.41, 5.74) is 0. The Balaban J connectivity index is 2.10. The van der Waals surface area contributed by atoms with E-state index in [1.807, 2.05) is 13.1 Å². The predicted octanol–water partition coefficient (Wildman–Crippen LogP) is 1.69. The first kappa shape index (κ1) is 9.89. The van der Waals surface area contributed by atoms with Gasteiger partial charge in [0.25, 0.3) is 0 Å². The van der Waals surface area contributed by atoms with Crippen molar-refractivity contribution in [2.24, 2.45) is 0 Å². The number of hydrogen-bond donors (Lipinski definition) is 0. The van der Waals surface area contributed by atoms with Crippen LogP contribution in [0.2, 0.25) is 0 Å². The molecule has 0 radical (unpaired) electrons. The topological polar surface area (TPSA) is 56.7 Å². The van der Waals surface area contributed by atoms with Crippen LogP contribution in [-0.2, 0) is 6.54 Å². The number of nitrogens with zero attached hydrogens (tertiary/aromatic N) is 4. The minimum atomic E-state index is 0.207. The molecule has 1 unspecified atom stereocenters. The zero-order valence-electron chi connectivity index (χ0n) is 9.14. The van der Waals surface area contributed by atoms with Crippen LogP contribution in [-0.4, -0.2) is 19.7 Å². The van der Waals surface area contributed by atoms with Gasteiger partial charge >= 0.3 is 0 Å². The van der Waals surface area contributed by atoms with Crippen molar-refractivity contribution >= 4 is 0 Å². The third kappa shape index (κ3) is 2.06. The molecular weight excluding hydrogens is 192 g/mol. The van der Waals surface area contributed by atoms with Gasteiger partial charge in [0.15, 0.2) is 0 Å². The second kappa shape index (κ2) is 3.84. The summed E-state index contributed by atoms with van der Waals surface area (Å²) in [6.07, 6.45) is 3.75. The minimum Gasteiger partial charge on any atom is -0.425 e. The Morgan fingerprint density at radius 1 is 1.40 bits per heavy atom. The van der Waals surface area contributed by atoms with Crippen molar-refractivity contribution in [1.82, 2.24) is 19.7 Å². The number of rotatable bonds is 3. The van der Waals surface area contributed by atoms with Crippen LogP contribution in [0, 0.1) is 13.8 Å². The molecule has 0 aliphatic rings. The van der Waals surface area contributed by atoms with Gasteiger partial charge in [0.1, 0.15) is 5.82 Å². The van der Waals surface area contributed by atoms with Gasteiger partial charge in [-0.25, -0.2) is 4.98 Å². The Morgan fingerprint density at radius 3 is 2.73 bits per heavy atom. The molecule has 80 valence electrons. The number of hydrogen-bond acceptors (Lipinski definition) is 4. The van der Waals surface area contributed by atoms with Crippen LogP contribution in [0.1, 0.15) is 30.4 Å². The smallest absolute Gasteiger partial charge is 0.221 e. The summed E-state index contributed by atoms with van der Waals surface area (Å²) >= 11 is 0. The zero-order valence-corrected chi connectivity index (χ0v) is 9.14. The molecule has 1 atom stereocenters. The largest absolute Gasteiger partial charge is 0.425 e. The fraction of sp³-hybridized carbons (Fsp3) is 0.500. The van der Waals surface area contributed by atoms with Gasteiger partial charge in [-0.1, -0.05) is 6.92 Å². The summed E-state index contributed by atoms with van der Waals surface area (Å²) in [6, 6.07) is 0. The van der Waals surface area contributed by atoms with Gasteiger partial charge in [0, 0.05) is 25.9 Å². The van der Waals surface area contributed by atoms with E-state index in [0.29, 0.717) is 11.8 Å². The van der Waals surface area contributed by atoms with E-state index in [4.69, 9.17) is 4.42 Å². The molecule has 0 amide bonds. The van der Waals surface area contributed by atoms with Gasteiger partial charge in [-0.3, -0.25) is 0 Å². The lowest BCUT2D eigenvalue weighted by atomic mass is 10.2. The molecule has 15 heavy (non-hydrogen) atoms. The van der Waals surface area contributed by atoms with Crippen LogP contribution < -0.4 is 0 Å². The molecule has 0 aliphatic carbocycles. The first-order valence-electron chi connectivity index (χ1n) is 4.94. The minimum absolute atomic E-state index is 0.207. The molecule has 5 heteroatoms. The molecule has 0 saturated heterocycles. The molecule has 0 fully saturated rings. The maximum Gasteiger partial charge on any atom is 0.221 e. The van der Waals surface area contributed by atoms with Crippen molar-refractivity contribution < 1.29 is 4.42 Å².